The third-order valence-corrected chi connectivity index (χ3v) is 3.98. The first-order valence-electron chi connectivity index (χ1n) is 6.56. The Balaban J connectivity index is 2.26. The van der Waals surface area contributed by atoms with E-state index in [1.165, 1.54) is 0 Å². The topological polar surface area (TPSA) is 33.2 Å². The van der Waals surface area contributed by atoms with E-state index >= 15 is 0 Å². The van der Waals surface area contributed by atoms with Crippen molar-refractivity contribution in [3.05, 3.63) is 63.4 Å². The number of rotatable bonds is 3. The van der Waals surface area contributed by atoms with E-state index < -0.39 is 0 Å². The van der Waals surface area contributed by atoms with Crippen LogP contribution in [-0.4, -0.2) is 22.8 Å². The third-order valence-electron chi connectivity index (χ3n) is 3.42. The highest BCUT2D eigenvalue weighted by molar-refractivity contribution is 6.35. The lowest BCUT2D eigenvalue weighted by atomic mass is 10.1. The van der Waals surface area contributed by atoms with E-state index in [0.717, 1.165) is 11.3 Å². The minimum atomic E-state index is -0.176. The zero-order valence-electron chi connectivity index (χ0n) is 12.1. The van der Waals surface area contributed by atoms with Crippen LogP contribution in [0.4, 0.5) is 0 Å². The van der Waals surface area contributed by atoms with Crippen molar-refractivity contribution in [2.75, 3.05) is 7.05 Å². The average Bonchev–Trinajstić information content (AvgIpc) is 2.45. The molecule has 5 heteroatoms. The fourth-order valence-electron chi connectivity index (χ4n) is 2.07. The highest BCUT2D eigenvalue weighted by atomic mass is 35.5. The van der Waals surface area contributed by atoms with Crippen molar-refractivity contribution >= 4 is 29.1 Å². The summed E-state index contributed by atoms with van der Waals surface area (Å²) >= 11 is 12.1. The molecule has 1 atom stereocenters. The number of nitrogens with zero attached hydrogens (tertiary/aromatic N) is 2. The number of amides is 1. The number of hydrogen-bond acceptors (Lipinski definition) is 2. The molecule has 2 aromatic rings. The fraction of sp³-hybridized carbons (Fsp3) is 0.250. The van der Waals surface area contributed by atoms with Gasteiger partial charge in [-0.15, -0.1) is 0 Å². The summed E-state index contributed by atoms with van der Waals surface area (Å²) in [6, 6.07) is 10.5. The Morgan fingerprint density at radius 2 is 1.95 bits per heavy atom. The Morgan fingerprint density at radius 1 is 1.24 bits per heavy atom. The van der Waals surface area contributed by atoms with Gasteiger partial charge in [0.15, 0.2) is 0 Å². The van der Waals surface area contributed by atoms with Crippen LogP contribution in [0.2, 0.25) is 10.0 Å². The first-order valence-corrected chi connectivity index (χ1v) is 7.31. The summed E-state index contributed by atoms with van der Waals surface area (Å²) in [5, 5.41) is 1.12. The highest BCUT2D eigenvalue weighted by Gasteiger charge is 2.21. The van der Waals surface area contributed by atoms with Crippen molar-refractivity contribution in [2.24, 2.45) is 0 Å². The van der Waals surface area contributed by atoms with E-state index in [9.17, 15) is 4.79 Å². The zero-order valence-corrected chi connectivity index (χ0v) is 13.6. The van der Waals surface area contributed by atoms with Crippen LogP contribution < -0.4 is 0 Å². The Labute approximate surface area is 134 Å². The number of carbonyl (C=O) groups excluding carboxylic acids is 1. The summed E-state index contributed by atoms with van der Waals surface area (Å²) in [4.78, 5) is 18.4. The van der Waals surface area contributed by atoms with Gasteiger partial charge < -0.3 is 4.90 Å². The van der Waals surface area contributed by atoms with Crippen molar-refractivity contribution in [3.63, 3.8) is 0 Å². The predicted octanol–water partition coefficient (Wildman–Crippen LogP) is 4.53. The predicted molar refractivity (Wildman–Crippen MR) is 85.9 cm³/mol. The van der Waals surface area contributed by atoms with Crippen molar-refractivity contribution in [1.82, 2.24) is 9.88 Å². The van der Waals surface area contributed by atoms with Gasteiger partial charge in [-0.2, -0.15) is 0 Å². The average molecular weight is 323 g/mol. The maximum absolute atomic E-state index is 12.5. The second-order valence-electron chi connectivity index (χ2n) is 4.92. The molecule has 3 nitrogen and oxygen atoms in total. The molecule has 110 valence electrons. The Hall–Kier alpha value is -1.58. The molecule has 21 heavy (non-hydrogen) atoms. The van der Waals surface area contributed by atoms with Crippen molar-refractivity contribution in [2.45, 2.75) is 19.9 Å². The smallest absolute Gasteiger partial charge is 0.272 e. The molecule has 0 N–H and O–H groups in total. The van der Waals surface area contributed by atoms with E-state index in [0.29, 0.717) is 15.7 Å². The van der Waals surface area contributed by atoms with E-state index in [4.69, 9.17) is 23.2 Å². The molecule has 1 amide bonds. The van der Waals surface area contributed by atoms with Crippen LogP contribution in [0.1, 0.15) is 34.7 Å². The number of aryl methyl sites for hydroxylation is 1. The summed E-state index contributed by atoms with van der Waals surface area (Å²) in [6.07, 6.45) is 0. The maximum atomic E-state index is 12.5. The first kappa shape index (κ1) is 15.8. The minimum absolute atomic E-state index is 0.141. The van der Waals surface area contributed by atoms with Gasteiger partial charge in [-0.05, 0) is 43.7 Å². The summed E-state index contributed by atoms with van der Waals surface area (Å²) in [5.74, 6) is -0.141. The van der Waals surface area contributed by atoms with Crippen LogP contribution in [0.3, 0.4) is 0 Å². The van der Waals surface area contributed by atoms with Gasteiger partial charge in [0, 0.05) is 22.8 Å². The molecule has 0 saturated carbocycles. The Morgan fingerprint density at radius 3 is 2.57 bits per heavy atom. The van der Waals surface area contributed by atoms with E-state index in [1.54, 1.807) is 30.1 Å². The number of hydrogen-bond donors (Lipinski definition) is 0. The zero-order chi connectivity index (χ0) is 15.6. The molecule has 1 aromatic heterocycles. The van der Waals surface area contributed by atoms with E-state index in [-0.39, 0.29) is 11.9 Å². The number of halogens is 2. The molecule has 0 saturated heterocycles. The van der Waals surface area contributed by atoms with Gasteiger partial charge in [0.05, 0.1) is 6.04 Å². The molecular weight excluding hydrogens is 307 g/mol. The second-order valence-corrected chi connectivity index (χ2v) is 5.77. The SMILES string of the molecule is Cc1cccc(C(=O)N(C)C(C)c2ccc(Cl)cc2Cl)n1. The van der Waals surface area contributed by atoms with Gasteiger partial charge in [-0.1, -0.05) is 35.3 Å². The quantitative estimate of drug-likeness (QED) is 0.831. The largest absolute Gasteiger partial charge is 0.334 e. The lowest BCUT2D eigenvalue weighted by molar-refractivity contribution is 0.0736. The monoisotopic (exact) mass is 322 g/mol. The van der Waals surface area contributed by atoms with Gasteiger partial charge in [-0.25, -0.2) is 4.98 Å². The lowest BCUT2D eigenvalue weighted by Crippen LogP contribution is -2.30. The normalized spacial score (nSPS) is 12.0. The van der Waals surface area contributed by atoms with Crippen LogP contribution in [-0.2, 0) is 0 Å². The fourth-order valence-corrected chi connectivity index (χ4v) is 2.63. The van der Waals surface area contributed by atoms with Crippen molar-refractivity contribution in [3.8, 4) is 0 Å². The first-order chi connectivity index (χ1) is 9.90. The highest BCUT2D eigenvalue weighted by Crippen LogP contribution is 2.29. The van der Waals surface area contributed by atoms with E-state index in [2.05, 4.69) is 4.98 Å². The molecule has 0 aliphatic heterocycles. The molecule has 0 bridgehead atoms. The molecule has 1 heterocycles. The van der Waals surface area contributed by atoms with E-state index in [1.807, 2.05) is 32.0 Å². The molecule has 2 rings (SSSR count). The van der Waals surface area contributed by atoms with Gasteiger partial charge in [0.1, 0.15) is 5.69 Å². The summed E-state index contributed by atoms with van der Waals surface area (Å²) in [6.45, 7) is 3.78. The summed E-state index contributed by atoms with van der Waals surface area (Å²) in [7, 11) is 1.74. The van der Waals surface area contributed by atoms with Crippen LogP contribution >= 0.6 is 23.2 Å². The maximum Gasteiger partial charge on any atom is 0.272 e. The Bertz CT molecular complexity index is 673. The standard InChI is InChI=1S/C16H16Cl2N2O/c1-10-5-4-6-15(19-10)16(21)20(3)11(2)13-8-7-12(17)9-14(13)18/h4-9,11H,1-3H3. The summed E-state index contributed by atoms with van der Waals surface area (Å²) in [5.41, 5.74) is 2.09. The molecule has 0 spiro atoms. The molecule has 0 radical (unpaired) electrons. The third kappa shape index (κ3) is 3.55. The molecule has 0 aliphatic rings. The van der Waals surface area contributed by atoms with Gasteiger partial charge in [-0.3, -0.25) is 4.79 Å². The Kier molecular flexibility index (Phi) is 4.86. The number of pyridine rings is 1. The van der Waals surface area contributed by atoms with Crippen LogP contribution in [0.5, 0.6) is 0 Å². The number of aromatic nitrogens is 1. The minimum Gasteiger partial charge on any atom is -0.334 e. The molecule has 1 unspecified atom stereocenters. The summed E-state index contributed by atoms with van der Waals surface area (Å²) < 4.78 is 0. The molecule has 0 aliphatic carbocycles. The lowest BCUT2D eigenvalue weighted by Gasteiger charge is -2.26. The molecular formula is C16H16Cl2N2O. The van der Waals surface area contributed by atoms with Crippen molar-refractivity contribution < 1.29 is 4.79 Å². The second kappa shape index (κ2) is 6.46. The molecule has 1 aromatic carbocycles. The van der Waals surface area contributed by atoms with Crippen molar-refractivity contribution in [1.29, 1.82) is 0 Å². The van der Waals surface area contributed by atoms with Crippen LogP contribution in [0.15, 0.2) is 36.4 Å². The molecule has 0 fully saturated rings. The van der Waals surface area contributed by atoms with Gasteiger partial charge >= 0.3 is 0 Å². The van der Waals surface area contributed by atoms with Crippen LogP contribution in [0.25, 0.3) is 0 Å². The van der Waals surface area contributed by atoms with Crippen LogP contribution in [0, 0.1) is 6.92 Å². The number of benzene rings is 1. The van der Waals surface area contributed by atoms with Gasteiger partial charge in [0.2, 0.25) is 0 Å². The number of carbonyl (C=O) groups is 1. The van der Waals surface area contributed by atoms with Gasteiger partial charge in [0.25, 0.3) is 5.91 Å².